The van der Waals surface area contributed by atoms with Gasteiger partial charge >= 0.3 is 0 Å². The highest BCUT2D eigenvalue weighted by molar-refractivity contribution is 7.27. The van der Waals surface area contributed by atoms with Crippen LogP contribution in [0.4, 0.5) is 0 Å². The Hall–Kier alpha value is -6.50. The number of thiophene rings is 6. The number of carbonyl (C=O) groups excluding carboxylic acids is 2. The van der Waals surface area contributed by atoms with Crippen molar-refractivity contribution >= 4 is 91.2 Å². The maximum atomic E-state index is 14.4. The molecule has 0 bridgehead atoms. The second kappa shape index (κ2) is 23.6. The summed E-state index contributed by atoms with van der Waals surface area (Å²) < 4.78 is 0. The van der Waals surface area contributed by atoms with Gasteiger partial charge in [0.25, 0.3) is 11.8 Å². The molecule has 2 aliphatic heterocycles. The molecular formula is C67H58N2O2S6. The first-order valence-electron chi connectivity index (χ1n) is 26.8. The lowest BCUT2D eigenvalue weighted by molar-refractivity contribution is -0.117. The smallest absolute Gasteiger partial charge is 0.258 e. The summed E-state index contributed by atoms with van der Waals surface area (Å²) in [6, 6.07) is 61.3. The highest BCUT2D eigenvalue weighted by atomic mass is 32.1. The van der Waals surface area contributed by atoms with Crippen LogP contribution in [0.15, 0.2) is 186 Å². The molecule has 0 saturated heterocycles. The minimum Gasteiger partial charge on any atom is -0.320 e. The van der Waals surface area contributed by atoms with Crippen molar-refractivity contribution < 1.29 is 9.59 Å². The minimum atomic E-state index is -0.230. The van der Waals surface area contributed by atoms with E-state index in [0.29, 0.717) is 22.5 Å². The van der Waals surface area contributed by atoms with Crippen LogP contribution in [0.3, 0.4) is 0 Å². The van der Waals surface area contributed by atoms with Crippen LogP contribution in [0.1, 0.15) is 84.8 Å². The maximum Gasteiger partial charge on any atom is 0.258 e. The van der Waals surface area contributed by atoms with E-state index in [4.69, 9.17) is 0 Å². The normalized spacial score (nSPS) is 13.3. The Morgan fingerprint density at radius 2 is 0.688 bits per heavy atom. The summed E-state index contributed by atoms with van der Waals surface area (Å²) in [6.07, 6.45) is 12.1. The second-order valence-electron chi connectivity index (χ2n) is 20.0. The quantitative estimate of drug-likeness (QED) is 0.0710. The molecule has 0 unspecified atom stereocenters. The lowest BCUT2D eigenvalue weighted by Crippen LogP contribution is -2.20. The van der Waals surface area contributed by atoms with Gasteiger partial charge in [0, 0.05) is 43.9 Å². The Kier molecular flexibility index (Phi) is 15.7. The van der Waals surface area contributed by atoms with Gasteiger partial charge in [-0.25, -0.2) is 0 Å². The van der Waals surface area contributed by atoms with Gasteiger partial charge in [0.05, 0.1) is 32.3 Å². The number of hydrogen-bond acceptors (Lipinski definition) is 8. The Balaban J connectivity index is 0.854. The Morgan fingerprint density at radius 3 is 1.09 bits per heavy atom. The molecule has 4 aromatic carbocycles. The van der Waals surface area contributed by atoms with Crippen LogP contribution in [0.25, 0.3) is 50.4 Å². The number of aryl methyl sites for hydroxylation is 9. The summed E-state index contributed by atoms with van der Waals surface area (Å²) in [4.78, 5) is 42.2. The van der Waals surface area contributed by atoms with Crippen molar-refractivity contribution in [3.05, 3.63) is 246 Å². The Labute approximate surface area is 476 Å². The zero-order valence-corrected chi connectivity index (χ0v) is 47.9. The maximum absolute atomic E-state index is 14.4. The Bertz CT molecular complexity index is 3750. The molecule has 0 fully saturated rings. The van der Waals surface area contributed by atoms with Crippen molar-refractivity contribution in [2.24, 2.45) is 0 Å². The number of hydrogen-bond donors (Lipinski definition) is 2. The third-order valence-corrected chi connectivity index (χ3v) is 21.9. The first-order valence-corrected chi connectivity index (χ1v) is 31.7. The number of amides is 2. The van der Waals surface area contributed by atoms with E-state index >= 15 is 0 Å². The monoisotopic (exact) mass is 1110 g/mol. The molecule has 10 aromatic rings. The lowest BCUT2D eigenvalue weighted by atomic mass is 10.0. The van der Waals surface area contributed by atoms with Crippen molar-refractivity contribution in [3.63, 3.8) is 0 Å². The third-order valence-electron chi connectivity index (χ3n) is 14.6. The second-order valence-corrected chi connectivity index (χ2v) is 26.5. The van der Waals surface area contributed by atoms with Crippen LogP contribution in [0.5, 0.6) is 0 Å². The van der Waals surface area contributed by atoms with Crippen LogP contribution in [-0.4, -0.2) is 11.8 Å². The van der Waals surface area contributed by atoms with E-state index < -0.39 is 0 Å². The zero-order chi connectivity index (χ0) is 52.1. The predicted molar refractivity (Wildman–Crippen MR) is 331 cm³/mol. The van der Waals surface area contributed by atoms with E-state index in [1.807, 2.05) is 45.3 Å². The molecule has 12 rings (SSSR count). The highest BCUT2D eigenvalue weighted by Gasteiger charge is 2.42. The first kappa shape index (κ1) is 51.3. The van der Waals surface area contributed by atoms with Gasteiger partial charge in [-0.3, -0.25) is 9.59 Å². The SMILES string of the molecule is Cc1cc(CCCc2ccccc2)c(-c2ccc(-c3sc(C4=C5C(=O)NC(c6cc(CCCc7ccccc7)c(-c7ccc(-c8sccc8CCCc8ccccc8)s7)s6)=C5C(=O)N4)cc3CCCc3ccccc3)s2)s1. The van der Waals surface area contributed by atoms with Gasteiger partial charge in [0.1, 0.15) is 0 Å². The highest BCUT2D eigenvalue weighted by Crippen LogP contribution is 2.49. The fourth-order valence-electron chi connectivity index (χ4n) is 10.8. The number of benzene rings is 4. The van der Waals surface area contributed by atoms with E-state index in [0.717, 1.165) is 86.8 Å². The van der Waals surface area contributed by atoms with Gasteiger partial charge < -0.3 is 10.6 Å². The molecule has 2 amide bonds. The van der Waals surface area contributed by atoms with Crippen molar-refractivity contribution in [2.75, 3.05) is 0 Å². The standard InChI is InChI=1S/C67H58N2O2S6/c1-43-40-49(31-15-27-45-20-8-3-9-21-45)63(73-43)53-36-37-55(75-53)65-51(33-17-29-47-24-12-5-13-25-47)42-57(77-65)61-59-58(66(70)69-61)60(68-67(59)71)56-41-50(32-16-28-46-22-10-4-11-23-46)64(76-56)54-35-34-52(74-54)62-48(38-39-72-62)30-14-26-44-18-6-2-7-19-44/h2-13,18-25,34-42H,14-17,26-33H2,1H3,(H,68,71)(H,69,70). The number of nitrogens with one attached hydrogen (secondary N) is 2. The molecular weight excluding hydrogens is 1060 g/mol. The van der Waals surface area contributed by atoms with E-state index in [2.05, 4.69) is 193 Å². The molecule has 384 valence electrons. The van der Waals surface area contributed by atoms with E-state index in [9.17, 15) is 9.59 Å². The lowest BCUT2D eigenvalue weighted by Gasteiger charge is -2.04. The van der Waals surface area contributed by atoms with Crippen LogP contribution in [0.2, 0.25) is 0 Å². The molecule has 2 N–H and O–H groups in total. The minimum absolute atomic E-state index is 0.230. The predicted octanol–water partition coefficient (Wildman–Crippen LogP) is 18.1. The molecule has 0 radical (unpaired) electrons. The van der Waals surface area contributed by atoms with Crippen LogP contribution in [-0.2, 0) is 61.0 Å². The van der Waals surface area contributed by atoms with E-state index in [1.165, 1.54) is 88.4 Å². The fraction of sp³-hybridized carbons (Fsp3) is 0.194. The summed E-state index contributed by atoms with van der Waals surface area (Å²) in [6.45, 7) is 2.22. The molecule has 0 saturated carbocycles. The fourth-order valence-corrected chi connectivity index (χ4v) is 17.9. The topological polar surface area (TPSA) is 58.2 Å². The summed E-state index contributed by atoms with van der Waals surface area (Å²) in [5, 5.41) is 8.72. The van der Waals surface area contributed by atoms with Crippen LogP contribution in [0, 0.1) is 6.92 Å². The van der Waals surface area contributed by atoms with E-state index in [1.54, 1.807) is 22.7 Å². The van der Waals surface area contributed by atoms with Gasteiger partial charge in [-0.2, -0.15) is 0 Å². The molecule has 10 heteroatoms. The number of fused-ring (bicyclic) bond motifs is 1. The first-order chi connectivity index (χ1) is 37.9. The van der Waals surface area contributed by atoms with Gasteiger partial charge in [-0.1, -0.05) is 121 Å². The van der Waals surface area contributed by atoms with Crippen LogP contribution >= 0.6 is 68.0 Å². The molecule has 6 aromatic heterocycles. The summed E-state index contributed by atoms with van der Waals surface area (Å²) >= 11 is 10.8. The van der Waals surface area contributed by atoms with Gasteiger partial charge in [-0.15, -0.1) is 68.0 Å². The van der Waals surface area contributed by atoms with Gasteiger partial charge in [0.2, 0.25) is 0 Å². The van der Waals surface area contributed by atoms with E-state index in [-0.39, 0.29) is 11.8 Å². The van der Waals surface area contributed by atoms with Gasteiger partial charge in [-0.05, 0) is 182 Å². The van der Waals surface area contributed by atoms with Gasteiger partial charge in [0.15, 0.2) is 0 Å². The summed E-state index contributed by atoms with van der Waals surface area (Å²) in [5.74, 6) is -0.460. The molecule has 0 atom stereocenters. The molecule has 8 heterocycles. The average molecular weight is 1120 g/mol. The molecule has 0 spiro atoms. The molecule has 2 aliphatic rings. The zero-order valence-electron chi connectivity index (χ0n) is 43.0. The largest absolute Gasteiger partial charge is 0.320 e. The number of rotatable bonds is 22. The van der Waals surface area contributed by atoms with Crippen molar-refractivity contribution in [1.29, 1.82) is 0 Å². The van der Waals surface area contributed by atoms with Crippen molar-refractivity contribution in [3.8, 4) is 39.0 Å². The molecule has 0 aliphatic carbocycles. The molecule has 4 nitrogen and oxygen atoms in total. The van der Waals surface area contributed by atoms with Crippen LogP contribution < -0.4 is 10.6 Å². The van der Waals surface area contributed by atoms with Crippen molar-refractivity contribution in [1.82, 2.24) is 10.6 Å². The number of carbonyl (C=O) groups is 2. The Morgan fingerprint density at radius 1 is 0.338 bits per heavy atom. The average Bonchev–Trinajstić information content (AvgIpc) is 4.41. The summed E-state index contributed by atoms with van der Waals surface area (Å²) in [7, 11) is 0. The molecule has 77 heavy (non-hydrogen) atoms. The third kappa shape index (κ3) is 11.6. The summed E-state index contributed by atoms with van der Waals surface area (Å²) in [5.41, 5.74) is 12.9. The van der Waals surface area contributed by atoms with Crippen molar-refractivity contribution in [2.45, 2.75) is 84.0 Å².